The van der Waals surface area contributed by atoms with Crippen LogP contribution < -0.4 is 10.2 Å². The van der Waals surface area contributed by atoms with Gasteiger partial charge in [-0.2, -0.15) is 0 Å². The minimum atomic E-state index is -0.488. The lowest BCUT2D eigenvalue weighted by atomic mass is 10.1. The van der Waals surface area contributed by atoms with Crippen LogP contribution >= 0.6 is 0 Å². The summed E-state index contributed by atoms with van der Waals surface area (Å²) in [5, 5.41) is 10.6. The third-order valence-electron chi connectivity index (χ3n) is 3.82. The molecule has 0 radical (unpaired) electrons. The van der Waals surface area contributed by atoms with E-state index in [2.05, 4.69) is 6.08 Å². The Kier molecular flexibility index (Phi) is 4.89. The van der Waals surface area contributed by atoms with Crippen molar-refractivity contribution in [2.45, 2.75) is 20.3 Å². The lowest BCUT2D eigenvalue weighted by molar-refractivity contribution is 0.327. The van der Waals surface area contributed by atoms with E-state index >= 15 is 0 Å². The molecule has 2 aromatic carbocycles. The summed E-state index contributed by atoms with van der Waals surface area (Å²) in [5.74, 6) is 0.183. The maximum Gasteiger partial charge on any atom is 0.238 e. The van der Waals surface area contributed by atoms with Crippen LogP contribution in [0.15, 0.2) is 69.4 Å². The fraction of sp³-hybridized carbons (Fsp3) is 0.190. The Morgan fingerprint density at radius 2 is 1.88 bits per heavy atom. The Balaban J connectivity index is 2.04. The van der Waals surface area contributed by atoms with E-state index in [1.54, 1.807) is 30.3 Å². The molecule has 0 aliphatic carbocycles. The summed E-state index contributed by atoms with van der Waals surface area (Å²) in [6.45, 7) is 4.50. The normalized spacial score (nSPS) is 10.6. The zero-order chi connectivity index (χ0) is 17.8. The molecule has 0 amide bonds. The molecule has 1 heterocycles. The Morgan fingerprint density at radius 1 is 1.12 bits per heavy atom. The predicted octanol–water partition coefficient (Wildman–Crippen LogP) is 4.90. The lowest BCUT2D eigenvalue weighted by Crippen LogP contribution is -2.06. The van der Waals surface area contributed by atoms with E-state index in [9.17, 15) is 9.90 Å². The molecule has 1 N–H and O–H groups in total. The van der Waals surface area contributed by atoms with Gasteiger partial charge in [-0.25, -0.2) is 0 Å². The first-order chi connectivity index (χ1) is 12.1. The molecule has 4 heteroatoms. The van der Waals surface area contributed by atoms with E-state index in [0.717, 1.165) is 6.42 Å². The fourth-order valence-corrected chi connectivity index (χ4v) is 2.62. The van der Waals surface area contributed by atoms with Gasteiger partial charge >= 0.3 is 0 Å². The van der Waals surface area contributed by atoms with E-state index in [4.69, 9.17) is 9.15 Å². The summed E-state index contributed by atoms with van der Waals surface area (Å²) in [4.78, 5) is 12.7. The van der Waals surface area contributed by atoms with Crippen molar-refractivity contribution < 1.29 is 14.3 Å². The van der Waals surface area contributed by atoms with Gasteiger partial charge in [-0.3, -0.25) is 4.79 Å². The molecule has 0 atom stereocenters. The number of hydrogen-bond acceptors (Lipinski definition) is 4. The fourth-order valence-electron chi connectivity index (χ4n) is 2.62. The molecule has 0 bridgehead atoms. The predicted molar refractivity (Wildman–Crippen MR) is 99.1 cm³/mol. The van der Waals surface area contributed by atoms with E-state index in [1.807, 2.05) is 32.0 Å². The van der Waals surface area contributed by atoms with E-state index < -0.39 is 11.2 Å². The monoisotopic (exact) mass is 336 g/mol. The van der Waals surface area contributed by atoms with Crippen LogP contribution in [0.3, 0.4) is 0 Å². The molecular weight excluding hydrogens is 316 g/mol. The van der Waals surface area contributed by atoms with Gasteiger partial charge in [0.05, 0.1) is 6.61 Å². The van der Waals surface area contributed by atoms with Gasteiger partial charge in [0.2, 0.25) is 11.2 Å². The highest BCUT2D eigenvalue weighted by molar-refractivity contribution is 5.87. The molecule has 25 heavy (non-hydrogen) atoms. The summed E-state index contributed by atoms with van der Waals surface area (Å²) in [5.41, 5.74) is 1.76. The minimum Gasteiger partial charge on any atom is -0.502 e. The Labute approximate surface area is 146 Å². The van der Waals surface area contributed by atoms with Crippen molar-refractivity contribution in [3.63, 3.8) is 0 Å². The highest BCUT2D eigenvalue weighted by atomic mass is 16.5. The summed E-state index contributed by atoms with van der Waals surface area (Å²) >= 11 is 0. The van der Waals surface area contributed by atoms with Crippen molar-refractivity contribution in [2.75, 3.05) is 6.61 Å². The van der Waals surface area contributed by atoms with Crippen LogP contribution in [0.4, 0.5) is 0 Å². The van der Waals surface area contributed by atoms with E-state index in [1.165, 1.54) is 5.57 Å². The molecule has 128 valence electrons. The molecule has 0 aliphatic rings. The van der Waals surface area contributed by atoms with Crippen molar-refractivity contribution >= 4 is 11.0 Å². The first-order valence-corrected chi connectivity index (χ1v) is 8.18. The summed E-state index contributed by atoms with van der Waals surface area (Å²) in [6.07, 6.45) is 2.82. The third-order valence-corrected chi connectivity index (χ3v) is 3.82. The number of rotatable bonds is 5. The van der Waals surface area contributed by atoms with Crippen molar-refractivity contribution in [1.82, 2.24) is 0 Å². The average Bonchev–Trinajstić information content (AvgIpc) is 2.62. The molecule has 0 spiro atoms. The van der Waals surface area contributed by atoms with Crippen LogP contribution in [0.5, 0.6) is 11.5 Å². The summed E-state index contributed by atoms with van der Waals surface area (Å²) in [7, 11) is 0. The van der Waals surface area contributed by atoms with Gasteiger partial charge < -0.3 is 14.3 Å². The second-order valence-corrected chi connectivity index (χ2v) is 6.02. The zero-order valence-electron chi connectivity index (χ0n) is 14.3. The smallest absolute Gasteiger partial charge is 0.238 e. The van der Waals surface area contributed by atoms with Crippen molar-refractivity contribution in [2.24, 2.45) is 0 Å². The molecule has 3 rings (SSSR count). The molecule has 0 fully saturated rings. The number of fused-ring (bicyclic) bond motifs is 1. The van der Waals surface area contributed by atoms with Gasteiger partial charge in [0, 0.05) is 5.56 Å². The number of hydrogen-bond donors (Lipinski definition) is 1. The standard InChI is InChI=1S/C21H20O4/c1-14(2)8-7-13-24-16-11-6-12-17-18(16)19(22)20(23)21(25-17)15-9-4-3-5-10-15/h3-6,8-12,23H,7,13H2,1-2H3. The van der Waals surface area contributed by atoms with Crippen molar-refractivity contribution in [3.8, 4) is 22.8 Å². The van der Waals surface area contributed by atoms with Crippen LogP contribution in [0.25, 0.3) is 22.3 Å². The molecule has 4 nitrogen and oxygen atoms in total. The van der Waals surface area contributed by atoms with Crippen LogP contribution in [0, 0.1) is 0 Å². The molecule has 0 aliphatic heterocycles. The highest BCUT2D eigenvalue weighted by Gasteiger charge is 2.18. The van der Waals surface area contributed by atoms with Crippen LogP contribution in [-0.4, -0.2) is 11.7 Å². The molecular formula is C21H20O4. The van der Waals surface area contributed by atoms with Crippen molar-refractivity contribution in [1.29, 1.82) is 0 Å². The van der Waals surface area contributed by atoms with Crippen LogP contribution in [-0.2, 0) is 0 Å². The van der Waals surface area contributed by atoms with Gasteiger partial charge in [-0.15, -0.1) is 0 Å². The number of ether oxygens (including phenoxy) is 1. The quantitative estimate of drug-likeness (QED) is 0.532. The molecule has 0 unspecified atom stereocenters. The first kappa shape index (κ1) is 16.8. The van der Waals surface area contributed by atoms with Gasteiger partial charge in [-0.1, -0.05) is 48.0 Å². The van der Waals surface area contributed by atoms with Gasteiger partial charge in [-0.05, 0) is 32.4 Å². The summed E-state index contributed by atoms with van der Waals surface area (Å²) in [6, 6.07) is 14.2. The first-order valence-electron chi connectivity index (χ1n) is 8.18. The molecule has 1 aromatic heterocycles. The van der Waals surface area contributed by atoms with Crippen molar-refractivity contribution in [3.05, 3.63) is 70.4 Å². The molecule has 0 saturated carbocycles. The summed E-state index contributed by atoms with van der Waals surface area (Å²) < 4.78 is 11.5. The maximum atomic E-state index is 12.7. The lowest BCUT2D eigenvalue weighted by Gasteiger charge is -2.10. The van der Waals surface area contributed by atoms with Gasteiger partial charge in [0.25, 0.3) is 0 Å². The maximum absolute atomic E-state index is 12.7. The van der Waals surface area contributed by atoms with E-state index in [-0.39, 0.29) is 11.1 Å². The largest absolute Gasteiger partial charge is 0.502 e. The van der Waals surface area contributed by atoms with Gasteiger partial charge in [0.15, 0.2) is 5.76 Å². The van der Waals surface area contributed by atoms with Gasteiger partial charge in [0.1, 0.15) is 16.7 Å². The number of aromatic hydroxyl groups is 1. The van der Waals surface area contributed by atoms with Crippen LogP contribution in [0.1, 0.15) is 20.3 Å². The highest BCUT2D eigenvalue weighted by Crippen LogP contribution is 2.32. The topological polar surface area (TPSA) is 59.7 Å². The molecule has 3 aromatic rings. The number of benzene rings is 2. The second-order valence-electron chi connectivity index (χ2n) is 6.02. The molecule has 0 saturated heterocycles. The Hall–Kier alpha value is -3.01. The Bertz CT molecular complexity index is 964. The van der Waals surface area contributed by atoms with Crippen LogP contribution in [0.2, 0.25) is 0 Å². The van der Waals surface area contributed by atoms with E-state index in [0.29, 0.717) is 23.5 Å². The average molecular weight is 336 g/mol. The third kappa shape index (κ3) is 3.58. The minimum absolute atomic E-state index is 0.166. The SMILES string of the molecule is CC(C)=CCCOc1cccc2oc(-c3ccccc3)c(O)c(=O)c12. The zero-order valence-corrected chi connectivity index (χ0v) is 14.3. The number of allylic oxidation sites excluding steroid dienone is 1. The Morgan fingerprint density at radius 3 is 2.60 bits per heavy atom. The second kappa shape index (κ2) is 7.26.